The van der Waals surface area contributed by atoms with Gasteiger partial charge < -0.3 is 14.2 Å². The van der Waals surface area contributed by atoms with Crippen molar-refractivity contribution in [1.29, 1.82) is 0 Å². The van der Waals surface area contributed by atoms with Crippen molar-refractivity contribution in [3.8, 4) is 11.1 Å². The summed E-state index contributed by atoms with van der Waals surface area (Å²) in [7, 11) is 1.68. The number of fused-ring (bicyclic) bond motifs is 1. The van der Waals surface area contributed by atoms with Crippen LogP contribution in [0.5, 0.6) is 0 Å². The average Bonchev–Trinajstić information content (AvgIpc) is 3.20. The Kier molecular flexibility index (Phi) is 4.26. The van der Waals surface area contributed by atoms with E-state index in [-0.39, 0.29) is 6.10 Å². The van der Waals surface area contributed by atoms with Gasteiger partial charge in [-0.15, -0.1) is 0 Å². The van der Waals surface area contributed by atoms with Crippen LogP contribution in [0.4, 0.5) is 0 Å². The standard InChI is InChI=1S/C20H18ClN3O2/c1-11-18(12(2)26-24-11)13-8-15-16(10-23-20(15)22-9-13)19(25-3)14-6-4-5-7-17(14)21/h4-10,19H,1-3H3,(H,22,23). The number of aryl methyl sites for hydroxylation is 2. The van der Waals surface area contributed by atoms with Crippen LogP contribution in [0.15, 0.2) is 47.2 Å². The van der Waals surface area contributed by atoms with E-state index in [9.17, 15) is 0 Å². The summed E-state index contributed by atoms with van der Waals surface area (Å²) in [5.41, 5.74) is 5.47. The molecule has 0 aliphatic heterocycles. The van der Waals surface area contributed by atoms with Crippen molar-refractivity contribution >= 4 is 22.6 Å². The lowest BCUT2D eigenvalue weighted by Crippen LogP contribution is -2.03. The Balaban J connectivity index is 1.88. The summed E-state index contributed by atoms with van der Waals surface area (Å²) in [6.45, 7) is 3.83. The van der Waals surface area contributed by atoms with Gasteiger partial charge in [-0.2, -0.15) is 0 Å². The number of hydrogen-bond acceptors (Lipinski definition) is 4. The number of methoxy groups -OCH3 is 1. The lowest BCUT2D eigenvalue weighted by molar-refractivity contribution is 0.137. The minimum Gasteiger partial charge on any atom is -0.372 e. The first-order chi connectivity index (χ1) is 12.6. The van der Waals surface area contributed by atoms with Gasteiger partial charge in [0, 0.05) is 52.2 Å². The highest BCUT2D eigenvalue weighted by atomic mass is 35.5. The summed E-state index contributed by atoms with van der Waals surface area (Å²) in [5, 5.41) is 5.69. The number of benzene rings is 1. The van der Waals surface area contributed by atoms with Crippen LogP contribution < -0.4 is 0 Å². The van der Waals surface area contributed by atoms with Crippen LogP contribution in [0.25, 0.3) is 22.2 Å². The second-order valence-electron chi connectivity index (χ2n) is 6.20. The van der Waals surface area contributed by atoms with E-state index in [1.807, 2.05) is 50.5 Å². The molecule has 0 bridgehead atoms. The number of ether oxygens (including phenoxy) is 1. The van der Waals surface area contributed by atoms with E-state index in [0.717, 1.165) is 44.7 Å². The van der Waals surface area contributed by atoms with Crippen LogP contribution in [0.1, 0.15) is 28.7 Å². The van der Waals surface area contributed by atoms with E-state index in [1.54, 1.807) is 7.11 Å². The third-order valence-corrected chi connectivity index (χ3v) is 4.94. The summed E-state index contributed by atoms with van der Waals surface area (Å²) in [5.74, 6) is 0.773. The number of nitrogens with one attached hydrogen (secondary N) is 1. The number of hydrogen-bond donors (Lipinski definition) is 1. The number of nitrogens with zero attached hydrogens (tertiary/aromatic N) is 2. The number of halogens is 1. The fraction of sp³-hybridized carbons (Fsp3) is 0.200. The van der Waals surface area contributed by atoms with Gasteiger partial charge in [-0.1, -0.05) is 35.0 Å². The SMILES string of the molecule is COC(c1ccccc1Cl)c1c[nH]c2ncc(-c3c(C)noc3C)cc12. The molecule has 0 saturated carbocycles. The molecule has 3 heterocycles. The van der Waals surface area contributed by atoms with Crippen molar-refractivity contribution in [2.45, 2.75) is 20.0 Å². The average molecular weight is 368 g/mol. The second-order valence-corrected chi connectivity index (χ2v) is 6.61. The first kappa shape index (κ1) is 16.8. The van der Waals surface area contributed by atoms with E-state index < -0.39 is 0 Å². The molecule has 0 aliphatic rings. The van der Waals surface area contributed by atoms with E-state index in [2.05, 4.69) is 21.2 Å². The highest BCUT2D eigenvalue weighted by molar-refractivity contribution is 6.31. The molecule has 0 fully saturated rings. The van der Waals surface area contributed by atoms with Crippen molar-refractivity contribution in [2.75, 3.05) is 7.11 Å². The molecule has 4 aromatic rings. The topological polar surface area (TPSA) is 63.9 Å². The number of rotatable bonds is 4. The first-order valence-corrected chi connectivity index (χ1v) is 8.65. The Morgan fingerprint density at radius 3 is 2.69 bits per heavy atom. The van der Waals surface area contributed by atoms with Crippen molar-refractivity contribution in [1.82, 2.24) is 15.1 Å². The Bertz CT molecular complexity index is 1060. The Labute approximate surface area is 155 Å². The molecule has 1 N–H and O–H groups in total. The molecule has 0 saturated heterocycles. The third-order valence-electron chi connectivity index (χ3n) is 4.59. The Morgan fingerprint density at radius 1 is 1.19 bits per heavy atom. The molecule has 0 amide bonds. The van der Waals surface area contributed by atoms with Gasteiger partial charge in [0.1, 0.15) is 17.5 Å². The summed E-state index contributed by atoms with van der Waals surface area (Å²) in [4.78, 5) is 7.78. The van der Waals surface area contributed by atoms with E-state index in [0.29, 0.717) is 5.02 Å². The molecule has 0 spiro atoms. The smallest absolute Gasteiger partial charge is 0.141 e. The van der Waals surface area contributed by atoms with Crippen LogP contribution in [0.3, 0.4) is 0 Å². The van der Waals surface area contributed by atoms with Crippen LogP contribution in [0.2, 0.25) is 5.02 Å². The molecule has 5 nitrogen and oxygen atoms in total. The van der Waals surface area contributed by atoms with Crippen LogP contribution in [-0.2, 0) is 4.74 Å². The molecule has 1 unspecified atom stereocenters. The van der Waals surface area contributed by atoms with Crippen molar-refractivity contribution in [3.63, 3.8) is 0 Å². The van der Waals surface area contributed by atoms with Gasteiger partial charge in [0.2, 0.25) is 0 Å². The fourth-order valence-corrected chi connectivity index (χ4v) is 3.62. The zero-order chi connectivity index (χ0) is 18.3. The zero-order valence-electron chi connectivity index (χ0n) is 14.7. The fourth-order valence-electron chi connectivity index (χ4n) is 3.38. The minimum atomic E-state index is -0.292. The summed E-state index contributed by atoms with van der Waals surface area (Å²) in [6.07, 6.45) is 3.46. The number of aromatic nitrogens is 3. The maximum absolute atomic E-state index is 6.39. The summed E-state index contributed by atoms with van der Waals surface area (Å²) in [6, 6.07) is 9.79. The van der Waals surface area contributed by atoms with E-state index >= 15 is 0 Å². The summed E-state index contributed by atoms with van der Waals surface area (Å²) < 4.78 is 11.1. The maximum Gasteiger partial charge on any atom is 0.141 e. The largest absolute Gasteiger partial charge is 0.372 e. The normalized spacial score (nSPS) is 12.6. The molecule has 132 valence electrons. The zero-order valence-corrected chi connectivity index (χ0v) is 15.5. The van der Waals surface area contributed by atoms with Crippen molar-refractivity contribution in [2.24, 2.45) is 0 Å². The molecular formula is C20H18ClN3O2. The van der Waals surface area contributed by atoms with Gasteiger partial charge >= 0.3 is 0 Å². The lowest BCUT2D eigenvalue weighted by Gasteiger charge is -2.16. The van der Waals surface area contributed by atoms with Crippen LogP contribution in [-0.4, -0.2) is 22.2 Å². The number of pyridine rings is 1. The summed E-state index contributed by atoms with van der Waals surface area (Å²) >= 11 is 6.39. The highest BCUT2D eigenvalue weighted by Crippen LogP contribution is 2.36. The van der Waals surface area contributed by atoms with Crippen LogP contribution >= 0.6 is 11.6 Å². The van der Waals surface area contributed by atoms with Gasteiger partial charge in [-0.05, 0) is 26.0 Å². The third kappa shape index (κ3) is 2.69. The molecule has 0 radical (unpaired) electrons. The van der Waals surface area contributed by atoms with Crippen molar-refractivity contribution < 1.29 is 9.26 Å². The number of H-pyrrole nitrogens is 1. The van der Waals surface area contributed by atoms with Gasteiger partial charge in [-0.3, -0.25) is 0 Å². The van der Waals surface area contributed by atoms with Gasteiger partial charge in [0.15, 0.2) is 0 Å². The van der Waals surface area contributed by atoms with E-state index in [1.165, 1.54) is 0 Å². The quantitative estimate of drug-likeness (QED) is 0.536. The molecule has 6 heteroatoms. The Morgan fingerprint density at radius 2 is 2.00 bits per heavy atom. The van der Waals surface area contributed by atoms with Gasteiger partial charge in [0.25, 0.3) is 0 Å². The molecule has 26 heavy (non-hydrogen) atoms. The predicted molar refractivity (Wildman–Crippen MR) is 101 cm³/mol. The molecule has 4 rings (SSSR count). The monoisotopic (exact) mass is 367 g/mol. The Hall–Kier alpha value is -2.63. The molecule has 1 aromatic carbocycles. The maximum atomic E-state index is 6.39. The predicted octanol–water partition coefficient (Wildman–Crippen LogP) is 5.22. The molecule has 0 aliphatic carbocycles. The van der Waals surface area contributed by atoms with Gasteiger partial charge in [0.05, 0.1) is 5.69 Å². The highest BCUT2D eigenvalue weighted by Gasteiger charge is 2.21. The molecule has 3 aromatic heterocycles. The van der Waals surface area contributed by atoms with Crippen LogP contribution in [0, 0.1) is 13.8 Å². The van der Waals surface area contributed by atoms with Crippen molar-refractivity contribution in [3.05, 3.63) is 70.3 Å². The first-order valence-electron chi connectivity index (χ1n) is 8.27. The lowest BCUT2D eigenvalue weighted by atomic mass is 9.99. The van der Waals surface area contributed by atoms with E-state index in [4.69, 9.17) is 20.9 Å². The van der Waals surface area contributed by atoms with Gasteiger partial charge in [-0.25, -0.2) is 4.98 Å². The molecule has 1 atom stereocenters. The second kappa shape index (κ2) is 6.59. The molecular weight excluding hydrogens is 350 g/mol. The minimum absolute atomic E-state index is 0.292. The number of aromatic amines is 1.